The molecule has 0 aliphatic rings. The number of hydrogen-bond acceptors (Lipinski definition) is 0. The molecular weight excluding hydrogens is 499 g/mol. The van der Waals surface area contributed by atoms with Gasteiger partial charge in [-0.1, -0.05) is 0 Å². The Morgan fingerprint density at radius 1 is 1.00 bits per heavy atom. The Kier molecular flexibility index (Phi) is 11.2. The van der Waals surface area contributed by atoms with Gasteiger partial charge in [0.15, 0.2) is 0 Å². The topological polar surface area (TPSA) is 0 Å². The Hall–Kier alpha value is 3.22. The van der Waals surface area contributed by atoms with Crippen LogP contribution in [0.25, 0.3) is 0 Å². The third-order valence-corrected chi connectivity index (χ3v) is 113. The third kappa shape index (κ3) is 5.22. The minimum atomic E-state index is 0.799. The fourth-order valence-corrected chi connectivity index (χ4v) is 0. The molecule has 0 atom stereocenters. The quantitative estimate of drug-likeness (QED) is 0.345. The molecule has 0 rings (SSSR count). The first-order chi connectivity index (χ1) is 1.91. The molecule has 0 spiro atoms. The Morgan fingerprint density at radius 3 is 1.25 bits per heavy atom. The van der Waals surface area contributed by atoms with Crippen LogP contribution < -0.4 is 0 Å². The third-order valence-electron chi connectivity index (χ3n) is 0.0556. The molecule has 0 saturated heterocycles. The molecule has 0 amide bonds. The van der Waals surface area contributed by atoms with Crippen LogP contribution in [0.15, 0.2) is 0 Å². The first-order valence-electron chi connectivity index (χ1n) is 0.638. The van der Waals surface area contributed by atoms with Crippen LogP contribution in [0, 0.1) is 0 Å². The van der Waals surface area contributed by atoms with Gasteiger partial charge in [0.1, 0.15) is 0 Å². The van der Waals surface area contributed by atoms with Gasteiger partial charge < -0.3 is 0 Å². The summed E-state index contributed by atoms with van der Waals surface area (Å²) >= 11 is 4.92. The molecule has 0 fully saturated rings. The number of hydrogen-bond donors (Lipinski definition) is 0. The molecule has 0 bridgehead atoms. The molecule has 0 unspecified atom stereocenters. The van der Waals surface area contributed by atoms with Gasteiger partial charge in [-0.2, -0.15) is 0 Å². The molecule has 0 aromatic rings. The summed E-state index contributed by atoms with van der Waals surface area (Å²) < 4.78 is 0. The second-order valence-corrected chi connectivity index (χ2v) is 58.1. The average molecular weight is 503 g/mol. The molecule has 4 heteroatoms. The monoisotopic (exact) mass is 506 g/mol. The molecule has 0 aliphatic carbocycles. The molecule has 0 heterocycles. The van der Waals surface area contributed by atoms with Crippen LogP contribution in [0.2, 0.25) is 0 Å². The predicted octanol–water partition coefficient (Wildman–Crippen LogP) is -2.59. The molecule has 0 N–H and O–H groups in total. The maximum absolute atomic E-state index is 1.66. The van der Waals surface area contributed by atoms with Crippen molar-refractivity contribution in [1.29, 1.82) is 0 Å². The molecule has 26 valence electrons. The summed E-state index contributed by atoms with van der Waals surface area (Å²) in [5, 5.41) is 0. The van der Waals surface area contributed by atoms with Gasteiger partial charge in [0.05, 0.1) is 0 Å². The first kappa shape index (κ1) is 7.22. The van der Waals surface area contributed by atoms with E-state index in [2.05, 4.69) is 0 Å². The molecule has 4 heavy (non-hydrogen) atoms. The van der Waals surface area contributed by atoms with Crippen LogP contribution in [0.1, 0.15) is 0 Å². The zero-order valence-electron chi connectivity index (χ0n) is 1.97. The van der Waals surface area contributed by atoms with Gasteiger partial charge in [0.2, 0.25) is 0 Å². The summed E-state index contributed by atoms with van der Waals surface area (Å²) in [6.45, 7) is 0. The average Bonchev–Trinajstić information content (AvgIpc) is 1.37. The van der Waals surface area contributed by atoms with Crippen LogP contribution in [0.4, 0.5) is 0 Å². The van der Waals surface area contributed by atoms with Crippen LogP contribution in [-0.2, 0) is 0 Å². The van der Waals surface area contributed by atoms with E-state index in [0.29, 0.717) is 0 Å². The zero-order chi connectivity index (χ0) is 3.41. The van der Waals surface area contributed by atoms with Crippen molar-refractivity contribution in [2.45, 2.75) is 0 Å². The van der Waals surface area contributed by atoms with E-state index in [9.17, 15) is 0 Å². The van der Waals surface area contributed by atoms with Crippen molar-refractivity contribution in [3.63, 3.8) is 0 Å². The first-order valence-corrected chi connectivity index (χ1v) is 28.7. The Balaban J connectivity index is 1.97. The van der Waals surface area contributed by atoms with Gasteiger partial charge in [-0.3, -0.25) is 0 Å². The van der Waals surface area contributed by atoms with Gasteiger partial charge in [-0.25, -0.2) is 0 Å². The summed E-state index contributed by atoms with van der Waals surface area (Å²) in [6, 6.07) is 0. The summed E-state index contributed by atoms with van der Waals surface area (Å²) in [6.07, 6.45) is 0. The summed E-state index contributed by atoms with van der Waals surface area (Å²) in [5.74, 6) is 0. The molecule has 0 aromatic carbocycles. The molecule has 0 aliphatic heterocycles. The predicted molar refractivity (Wildman–Crippen MR) is 28.6 cm³/mol. The summed E-state index contributed by atoms with van der Waals surface area (Å²) in [7, 11) is 0. The SMILES string of the molecule is [SbH2][Te][Te][SbH2]. The molecule has 0 aromatic heterocycles. The van der Waals surface area contributed by atoms with E-state index in [1.54, 1.807) is 38.2 Å². The molecule has 0 nitrogen and oxygen atoms in total. The van der Waals surface area contributed by atoms with E-state index in [-0.39, 0.29) is 0 Å². The van der Waals surface area contributed by atoms with Gasteiger partial charge in [0, 0.05) is 0 Å². The van der Waals surface area contributed by atoms with E-state index < -0.39 is 0 Å². The van der Waals surface area contributed by atoms with Crippen molar-refractivity contribution in [2.75, 3.05) is 0 Å². The van der Waals surface area contributed by atoms with Gasteiger partial charge in [0.25, 0.3) is 0 Å². The fourth-order valence-electron chi connectivity index (χ4n) is 0. The fraction of sp³-hybridized carbons (Fsp3) is 0. The second kappa shape index (κ2) is 6.22. The van der Waals surface area contributed by atoms with Gasteiger partial charge in [-0.15, -0.1) is 0 Å². The van der Waals surface area contributed by atoms with E-state index in [0.717, 1.165) is 26.0 Å². The van der Waals surface area contributed by atoms with Crippen molar-refractivity contribution >= 4 is 64.2 Å². The van der Waals surface area contributed by atoms with Gasteiger partial charge >= 0.3 is 64.2 Å². The van der Waals surface area contributed by atoms with Crippen molar-refractivity contribution in [2.24, 2.45) is 0 Å². The maximum atomic E-state index is 1.66. The number of rotatable bonds is 1. The Bertz CT molecular complexity index is 6.00. The Labute approximate surface area is 62.2 Å². The molecule has 0 radical (unpaired) electrons. The van der Waals surface area contributed by atoms with Gasteiger partial charge in [-0.05, 0) is 0 Å². The van der Waals surface area contributed by atoms with E-state index >= 15 is 0 Å². The van der Waals surface area contributed by atoms with E-state index in [1.165, 1.54) is 0 Å². The van der Waals surface area contributed by atoms with Crippen LogP contribution in [0.3, 0.4) is 0 Å². The van der Waals surface area contributed by atoms with Crippen molar-refractivity contribution in [3.8, 4) is 0 Å². The van der Waals surface area contributed by atoms with Crippen LogP contribution in [-0.4, -0.2) is 64.2 Å². The summed E-state index contributed by atoms with van der Waals surface area (Å²) in [5.41, 5.74) is 0. The van der Waals surface area contributed by atoms with Crippen LogP contribution >= 0.6 is 0 Å². The molecular formula is H4Sb2Te2. The van der Waals surface area contributed by atoms with Crippen molar-refractivity contribution in [3.05, 3.63) is 0 Å². The van der Waals surface area contributed by atoms with Crippen molar-refractivity contribution in [1.82, 2.24) is 0 Å². The Morgan fingerprint density at radius 2 is 1.25 bits per heavy atom. The zero-order valence-corrected chi connectivity index (χ0v) is 13.2. The van der Waals surface area contributed by atoms with E-state index in [4.69, 9.17) is 0 Å². The second-order valence-electron chi connectivity index (χ2n) is 0.192. The standard InChI is InChI=1S/2Sb.Te2.4H/c;;1-2;;;;/q2*+1;-2;;;;. The van der Waals surface area contributed by atoms with E-state index in [1.807, 2.05) is 0 Å². The normalized spacial score (nSPS) is 7.50. The minimum absolute atomic E-state index is 0.799. The summed E-state index contributed by atoms with van der Waals surface area (Å²) in [4.78, 5) is 0. The molecule has 0 saturated carbocycles. The van der Waals surface area contributed by atoms with Crippen molar-refractivity contribution < 1.29 is 0 Å². The van der Waals surface area contributed by atoms with Crippen LogP contribution in [0.5, 0.6) is 0 Å².